The summed E-state index contributed by atoms with van der Waals surface area (Å²) >= 11 is 13.1. The molecule has 0 amide bonds. The molecule has 2 aromatic rings. The second-order valence-corrected chi connectivity index (χ2v) is 6.17. The molecule has 5 heteroatoms. The van der Waals surface area contributed by atoms with Crippen LogP contribution in [0.5, 0.6) is 0 Å². The van der Waals surface area contributed by atoms with Crippen LogP contribution in [0.3, 0.4) is 0 Å². The summed E-state index contributed by atoms with van der Waals surface area (Å²) < 4.78 is 1.88. The summed E-state index contributed by atoms with van der Waals surface area (Å²) in [5.74, 6) is 0.765. The summed E-state index contributed by atoms with van der Waals surface area (Å²) in [4.78, 5) is 4.34. The summed E-state index contributed by atoms with van der Waals surface area (Å²) in [6.45, 7) is 3.97. The number of hydrogen-bond donors (Lipinski definition) is 1. The number of nitrogens with one attached hydrogen (secondary N) is 1. The fourth-order valence-corrected chi connectivity index (χ4v) is 2.78. The van der Waals surface area contributed by atoms with E-state index in [2.05, 4.69) is 42.2 Å². The van der Waals surface area contributed by atoms with E-state index in [1.165, 1.54) is 0 Å². The van der Waals surface area contributed by atoms with Crippen LogP contribution in [0, 0.1) is 13.8 Å². The number of halogens is 3. The van der Waals surface area contributed by atoms with Crippen LogP contribution in [-0.2, 0) is 0 Å². The normalized spacial score (nSPS) is 10.5. The maximum atomic E-state index is 6.12. The number of rotatable bonds is 2. The highest BCUT2D eigenvalue weighted by molar-refractivity contribution is 9.11. The van der Waals surface area contributed by atoms with Gasteiger partial charge in [-0.2, -0.15) is 0 Å². The number of benzene rings is 1. The molecule has 2 rings (SSSR count). The van der Waals surface area contributed by atoms with E-state index in [1.807, 2.05) is 38.2 Å². The predicted octanol–water partition coefficient (Wildman–Crippen LogP) is 5.62. The number of aryl methyl sites for hydroxylation is 2. The Kier molecular flexibility index (Phi) is 4.30. The van der Waals surface area contributed by atoms with E-state index in [9.17, 15) is 0 Å². The minimum atomic E-state index is 0.726. The van der Waals surface area contributed by atoms with Gasteiger partial charge in [-0.05, 0) is 75.0 Å². The molecule has 0 aliphatic rings. The van der Waals surface area contributed by atoms with Gasteiger partial charge in [0.1, 0.15) is 5.82 Å². The molecule has 0 aliphatic carbocycles. The SMILES string of the molecule is Cc1cnc(Nc2cc(Cl)c(C)cc2Br)c(Br)c1. The van der Waals surface area contributed by atoms with Crippen LogP contribution in [0.2, 0.25) is 5.02 Å². The fourth-order valence-electron chi connectivity index (χ4n) is 1.50. The van der Waals surface area contributed by atoms with E-state index in [-0.39, 0.29) is 0 Å². The molecule has 1 heterocycles. The van der Waals surface area contributed by atoms with Crippen LogP contribution in [0.1, 0.15) is 11.1 Å². The van der Waals surface area contributed by atoms with Crippen molar-refractivity contribution >= 4 is 55.0 Å². The Morgan fingerprint density at radius 3 is 2.50 bits per heavy atom. The van der Waals surface area contributed by atoms with Crippen molar-refractivity contribution in [1.82, 2.24) is 4.98 Å². The van der Waals surface area contributed by atoms with Crippen LogP contribution in [0.25, 0.3) is 0 Å². The third-order valence-corrected chi connectivity index (χ3v) is 4.15. The minimum absolute atomic E-state index is 0.726. The first-order chi connectivity index (χ1) is 8.47. The van der Waals surface area contributed by atoms with Crippen LogP contribution in [0.4, 0.5) is 11.5 Å². The lowest BCUT2D eigenvalue weighted by Gasteiger charge is -2.11. The van der Waals surface area contributed by atoms with Crippen LogP contribution >= 0.6 is 43.5 Å². The highest BCUT2D eigenvalue weighted by atomic mass is 79.9. The Hall–Kier alpha value is -0.580. The second kappa shape index (κ2) is 5.59. The molecule has 0 unspecified atom stereocenters. The summed E-state index contributed by atoms with van der Waals surface area (Å²) in [7, 11) is 0. The van der Waals surface area contributed by atoms with Crippen molar-refractivity contribution in [2.75, 3.05) is 5.32 Å². The zero-order valence-electron chi connectivity index (χ0n) is 9.89. The predicted molar refractivity (Wildman–Crippen MR) is 83.8 cm³/mol. The molecule has 0 radical (unpaired) electrons. The molecule has 0 atom stereocenters. The monoisotopic (exact) mass is 388 g/mol. The molecule has 94 valence electrons. The summed E-state index contributed by atoms with van der Waals surface area (Å²) in [5.41, 5.74) is 3.03. The van der Waals surface area contributed by atoms with Crippen LogP contribution in [0.15, 0.2) is 33.3 Å². The fraction of sp³-hybridized carbons (Fsp3) is 0.154. The highest BCUT2D eigenvalue weighted by Crippen LogP contribution is 2.32. The molecule has 1 aromatic carbocycles. The summed E-state index contributed by atoms with van der Waals surface area (Å²) in [5, 5.41) is 3.97. The first-order valence-electron chi connectivity index (χ1n) is 5.32. The lowest BCUT2D eigenvalue weighted by molar-refractivity contribution is 1.24. The lowest BCUT2D eigenvalue weighted by atomic mass is 10.2. The standard InChI is InChI=1S/C13H11Br2ClN2/c1-7-3-10(15)13(17-6-7)18-12-5-11(16)8(2)4-9(12)14/h3-6H,1-2H3,(H,17,18). The van der Waals surface area contributed by atoms with E-state index >= 15 is 0 Å². The Balaban J connectivity index is 2.37. The van der Waals surface area contributed by atoms with Gasteiger partial charge in [0.05, 0.1) is 10.2 Å². The molecular formula is C13H11Br2ClN2. The number of nitrogens with zero attached hydrogens (tertiary/aromatic N) is 1. The average molecular weight is 391 g/mol. The molecular weight excluding hydrogens is 379 g/mol. The van der Waals surface area contributed by atoms with Crippen molar-refractivity contribution in [3.8, 4) is 0 Å². The Bertz CT molecular complexity index is 600. The minimum Gasteiger partial charge on any atom is -0.338 e. The van der Waals surface area contributed by atoms with E-state index in [0.29, 0.717) is 0 Å². The first-order valence-corrected chi connectivity index (χ1v) is 7.28. The van der Waals surface area contributed by atoms with Gasteiger partial charge in [0, 0.05) is 15.7 Å². The van der Waals surface area contributed by atoms with Gasteiger partial charge in [0.15, 0.2) is 0 Å². The number of hydrogen-bond acceptors (Lipinski definition) is 2. The Morgan fingerprint density at radius 1 is 1.11 bits per heavy atom. The van der Waals surface area contributed by atoms with Crippen molar-refractivity contribution < 1.29 is 0 Å². The van der Waals surface area contributed by atoms with Gasteiger partial charge < -0.3 is 5.32 Å². The molecule has 2 nitrogen and oxygen atoms in total. The third kappa shape index (κ3) is 3.05. The summed E-state index contributed by atoms with van der Waals surface area (Å²) in [6, 6.07) is 5.88. The van der Waals surface area contributed by atoms with E-state index in [0.717, 1.165) is 36.6 Å². The summed E-state index contributed by atoms with van der Waals surface area (Å²) in [6.07, 6.45) is 1.82. The van der Waals surface area contributed by atoms with Crippen molar-refractivity contribution in [3.05, 3.63) is 49.5 Å². The number of aromatic nitrogens is 1. The largest absolute Gasteiger partial charge is 0.338 e. The number of anilines is 2. The molecule has 0 spiro atoms. The van der Waals surface area contributed by atoms with E-state index < -0.39 is 0 Å². The Morgan fingerprint density at radius 2 is 1.83 bits per heavy atom. The molecule has 1 N–H and O–H groups in total. The maximum Gasteiger partial charge on any atom is 0.144 e. The van der Waals surface area contributed by atoms with Gasteiger partial charge in [-0.15, -0.1) is 0 Å². The second-order valence-electron chi connectivity index (χ2n) is 4.05. The van der Waals surface area contributed by atoms with Crippen molar-refractivity contribution in [3.63, 3.8) is 0 Å². The third-order valence-electron chi connectivity index (χ3n) is 2.48. The molecule has 0 bridgehead atoms. The van der Waals surface area contributed by atoms with Gasteiger partial charge >= 0.3 is 0 Å². The molecule has 1 aromatic heterocycles. The molecule has 18 heavy (non-hydrogen) atoms. The van der Waals surface area contributed by atoms with Gasteiger partial charge in [0.25, 0.3) is 0 Å². The lowest BCUT2D eigenvalue weighted by Crippen LogP contribution is -1.96. The smallest absolute Gasteiger partial charge is 0.144 e. The molecule has 0 saturated heterocycles. The van der Waals surface area contributed by atoms with E-state index in [1.54, 1.807) is 0 Å². The average Bonchev–Trinajstić information content (AvgIpc) is 2.29. The number of pyridine rings is 1. The van der Waals surface area contributed by atoms with E-state index in [4.69, 9.17) is 11.6 Å². The molecule has 0 saturated carbocycles. The molecule has 0 aliphatic heterocycles. The van der Waals surface area contributed by atoms with Crippen molar-refractivity contribution in [1.29, 1.82) is 0 Å². The van der Waals surface area contributed by atoms with Crippen molar-refractivity contribution in [2.45, 2.75) is 13.8 Å². The maximum absolute atomic E-state index is 6.12. The van der Waals surface area contributed by atoms with Crippen molar-refractivity contribution in [2.24, 2.45) is 0 Å². The van der Waals surface area contributed by atoms with Gasteiger partial charge in [-0.3, -0.25) is 0 Å². The zero-order valence-corrected chi connectivity index (χ0v) is 13.8. The Labute approximate surface area is 128 Å². The van der Waals surface area contributed by atoms with Gasteiger partial charge in [0.2, 0.25) is 0 Å². The molecule has 0 fully saturated rings. The van der Waals surface area contributed by atoms with Gasteiger partial charge in [-0.25, -0.2) is 4.98 Å². The quantitative estimate of drug-likeness (QED) is 0.720. The highest BCUT2D eigenvalue weighted by Gasteiger charge is 2.07. The van der Waals surface area contributed by atoms with Crippen LogP contribution < -0.4 is 5.32 Å². The zero-order chi connectivity index (χ0) is 13.3. The van der Waals surface area contributed by atoms with Gasteiger partial charge in [-0.1, -0.05) is 11.6 Å². The van der Waals surface area contributed by atoms with Crippen LogP contribution in [-0.4, -0.2) is 4.98 Å². The first kappa shape index (κ1) is 13.8. The topological polar surface area (TPSA) is 24.9 Å².